The first-order valence-electron chi connectivity index (χ1n) is 8.69. The zero-order valence-electron chi connectivity index (χ0n) is 14.3. The Bertz CT molecular complexity index is 787. The Hall–Kier alpha value is -2.18. The molecule has 1 aliphatic carbocycles. The molecule has 1 N–H and O–H groups in total. The number of aromatic nitrogens is 3. The number of rotatable bonds is 5. The first-order valence-corrected chi connectivity index (χ1v) is 8.69. The molecule has 2 aromatic rings. The topological polar surface area (TPSA) is 90.0 Å². The van der Waals surface area contributed by atoms with Crippen molar-refractivity contribution in [2.75, 3.05) is 0 Å². The van der Waals surface area contributed by atoms with Crippen LogP contribution in [-0.4, -0.2) is 26.9 Å². The van der Waals surface area contributed by atoms with Crippen LogP contribution in [0.15, 0.2) is 9.32 Å². The number of hydrogen-bond acceptors (Lipinski definition) is 5. The molecule has 2 heterocycles. The van der Waals surface area contributed by atoms with Crippen LogP contribution in [0.2, 0.25) is 0 Å². The zero-order chi connectivity index (χ0) is 17.1. The van der Waals surface area contributed by atoms with E-state index in [1.54, 1.807) is 6.92 Å². The number of carbonyl (C=O) groups excluding carboxylic acids is 1. The van der Waals surface area contributed by atoms with Gasteiger partial charge in [-0.1, -0.05) is 24.4 Å². The van der Waals surface area contributed by atoms with Gasteiger partial charge in [0.25, 0.3) is 5.56 Å². The average Bonchev–Trinajstić information content (AvgIpc) is 2.95. The SMILES string of the molecule is Cc1nn(CCCC(=O)NC2CCCCC2)c(=O)c2noc(C)c12. The van der Waals surface area contributed by atoms with Crippen LogP contribution in [0.25, 0.3) is 10.9 Å². The summed E-state index contributed by atoms with van der Waals surface area (Å²) in [7, 11) is 0. The third-order valence-corrected chi connectivity index (χ3v) is 4.68. The number of nitrogens with one attached hydrogen (secondary N) is 1. The highest BCUT2D eigenvalue weighted by molar-refractivity contribution is 5.81. The summed E-state index contributed by atoms with van der Waals surface area (Å²) in [4.78, 5) is 24.4. The Morgan fingerprint density at radius 3 is 2.79 bits per heavy atom. The second kappa shape index (κ2) is 7.15. The molecular weight excluding hydrogens is 308 g/mol. The predicted octanol–water partition coefficient (Wildman–Crippen LogP) is 2.23. The maximum Gasteiger partial charge on any atom is 0.296 e. The third kappa shape index (κ3) is 3.49. The van der Waals surface area contributed by atoms with Crippen LogP contribution in [0, 0.1) is 13.8 Å². The summed E-state index contributed by atoms with van der Waals surface area (Å²) in [6, 6.07) is 0.323. The fourth-order valence-electron chi connectivity index (χ4n) is 3.43. The lowest BCUT2D eigenvalue weighted by Crippen LogP contribution is -2.36. The summed E-state index contributed by atoms with van der Waals surface area (Å²) >= 11 is 0. The highest BCUT2D eigenvalue weighted by Crippen LogP contribution is 2.18. The molecule has 1 saturated carbocycles. The first-order chi connectivity index (χ1) is 11.6. The lowest BCUT2D eigenvalue weighted by atomic mass is 9.95. The molecule has 0 unspecified atom stereocenters. The zero-order valence-corrected chi connectivity index (χ0v) is 14.3. The number of amides is 1. The van der Waals surface area contributed by atoms with E-state index < -0.39 is 0 Å². The molecule has 3 rings (SSSR count). The van der Waals surface area contributed by atoms with E-state index in [0.29, 0.717) is 42.1 Å². The number of carbonyl (C=O) groups is 1. The minimum atomic E-state index is -0.264. The van der Waals surface area contributed by atoms with Crippen molar-refractivity contribution in [3.05, 3.63) is 21.8 Å². The fraction of sp³-hybridized carbons (Fsp3) is 0.647. The van der Waals surface area contributed by atoms with Crippen LogP contribution in [0.4, 0.5) is 0 Å². The molecule has 0 bridgehead atoms. The van der Waals surface area contributed by atoms with Crippen molar-refractivity contribution in [2.45, 2.75) is 71.4 Å². The molecule has 7 nitrogen and oxygen atoms in total. The Kier molecular flexibility index (Phi) is 4.97. The first kappa shape index (κ1) is 16.7. The molecule has 0 spiro atoms. The Morgan fingerprint density at radius 1 is 1.29 bits per heavy atom. The summed E-state index contributed by atoms with van der Waals surface area (Å²) in [5.74, 6) is 0.663. The average molecular weight is 332 g/mol. The van der Waals surface area contributed by atoms with E-state index in [1.807, 2.05) is 6.92 Å². The highest BCUT2D eigenvalue weighted by Gasteiger charge is 2.17. The lowest BCUT2D eigenvalue weighted by Gasteiger charge is -2.22. The molecule has 2 aromatic heterocycles. The van der Waals surface area contributed by atoms with Gasteiger partial charge in [-0.15, -0.1) is 0 Å². The van der Waals surface area contributed by atoms with E-state index in [-0.39, 0.29) is 11.5 Å². The molecule has 0 aliphatic heterocycles. The van der Waals surface area contributed by atoms with Crippen molar-refractivity contribution >= 4 is 16.8 Å². The molecule has 1 amide bonds. The second-order valence-electron chi connectivity index (χ2n) is 6.58. The lowest BCUT2D eigenvalue weighted by molar-refractivity contribution is -0.122. The van der Waals surface area contributed by atoms with Gasteiger partial charge in [-0.05, 0) is 33.1 Å². The van der Waals surface area contributed by atoms with Crippen LogP contribution in [0.5, 0.6) is 0 Å². The molecule has 130 valence electrons. The molecule has 7 heteroatoms. The van der Waals surface area contributed by atoms with Crippen molar-refractivity contribution in [3.63, 3.8) is 0 Å². The highest BCUT2D eigenvalue weighted by atomic mass is 16.5. The molecular formula is C17H24N4O3. The van der Waals surface area contributed by atoms with E-state index in [0.717, 1.165) is 18.5 Å². The van der Waals surface area contributed by atoms with E-state index in [2.05, 4.69) is 15.6 Å². The van der Waals surface area contributed by atoms with Gasteiger partial charge in [-0.25, -0.2) is 4.68 Å². The Balaban J connectivity index is 1.58. The summed E-state index contributed by atoms with van der Waals surface area (Å²) in [6.45, 7) is 4.00. The molecule has 0 aromatic carbocycles. The minimum Gasteiger partial charge on any atom is -0.360 e. The van der Waals surface area contributed by atoms with Crippen molar-refractivity contribution in [2.24, 2.45) is 0 Å². The van der Waals surface area contributed by atoms with Crippen LogP contribution in [0.1, 0.15) is 56.4 Å². The maximum absolute atomic E-state index is 12.4. The van der Waals surface area contributed by atoms with Gasteiger partial charge in [0, 0.05) is 19.0 Å². The van der Waals surface area contributed by atoms with Crippen LogP contribution in [0.3, 0.4) is 0 Å². The normalized spacial score (nSPS) is 15.8. The summed E-state index contributed by atoms with van der Waals surface area (Å²) < 4.78 is 6.47. The number of nitrogens with zero attached hydrogens (tertiary/aromatic N) is 3. The second-order valence-corrected chi connectivity index (χ2v) is 6.58. The van der Waals surface area contributed by atoms with E-state index in [4.69, 9.17) is 4.52 Å². The van der Waals surface area contributed by atoms with Gasteiger partial charge >= 0.3 is 0 Å². The van der Waals surface area contributed by atoms with Gasteiger partial charge in [0.2, 0.25) is 5.91 Å². The van der Waals surface area contributed by atoms with Gasteiger partial charge < -0.3 is 9.84 Å². The van der Waals surface area contributed by atoms with Crippen LogP contribution < -0.4 is 10.9 Å². The summed E-state index contributed by atoms with van der Waals surface area (Å²) in [5.41, 5.74) is 0.766. The number of aryl methyl sites for hydroxylation is 3. The number of hydrogen-bond donors (Lipinski definition) is 1. The summed E-state index contributed by atoms with van der Waals surface area (Å²) in [6.07, 6.45) is 6.79. The predicted molar refractivity (Wildman–Crippen MR) is 89.8 cm³/mol. The van der Waals surface area contributed by atoms with Gasteiger partial charge in [0.1, 0.15) is 5.76 Å². The number of fused-ring (bicyclic) bond motifs is 1. The summed E-state index contributed by atoms with van der Waals surface area (Å²) in [5, 5.41) is 11.9. The largest absolute Gasteiger partial charge is 0.360 e. The van der Waals surface area contributed by atoms with Gasteiger partial charge in [0.05, 0.1) is 11.1 Å². The van der Waals surface area contributed by atoms with Crippen molar-refractivity contribution in [1.82, 2.24) is 20.3 Å². The quantitative estimate of drug-likeness (QED) is 0.907. The molecule has 0 saturated heterocycles. The van der Waals surface area contributed by atoms with Crippen molar-refractivity contribution in [3.8, 4) is 0 Å². The fourth-order valence-corrected chi connectivity index (χ4v) is 3.43. The molecule has 1 aliphatic rings. The van der Waals surface area contributed by atoms with Crippen LogP contribution in [-0.2, 0) is 11.3 Å². The van der Waals surface area contributed by atoms with Crippen molar-refractivity contribution < 1.29 is 9.32 Å². The minimum absolute atomic E-state index is 0.0602. The molecule has 24 heavy (non-hydrogen) atoms. The van der Waals surface area contributed by atoms with E-state index >= 15 is 0 Å². The molecule has 1 fully saturated rings. The van der Waals surface area contributed by atoms with Gasteiger partial charge in [-0.2, -0.15) is 5.10 Å². The third-order valence-electron chi connectivity index (χ3n) is 4.68. The maximum atomic E-state index is 12.4. The standard InChI is InChI=1S/C17H24N4O3/c1-11-15-12(2)24-20-16(15)17(23)21(19-11)10-6-9-14(22)18-13-7-4-3-5-8-13/h13H,3-10H2,1-2H3,(H,18,22). The van der Waals surface area contributed by atoms with E-state index in [9.17, 15) is 9.59 Å². The molecule has 0 radical (unpaired) electrons. The van der Waals surface area contributed by atoms with Gasteiger partial charge in [-0.3, -0.25) is 9.59 Å². The Labute approximate surface area is 140 Å². The van der Waals surface area contributed by atoms with E-state index in [1.165, 1.54) is 23.9 Å². The smallest absolute Gasteiger partial charge is 0.296 e. The Morgan fingerprint density at radius 2 is 2.04 bits per heavy atom. The van der Waals surface area contributed by atoms with Gasteiger partial charge in [0.15, 0.2) is 5.52 Å². The monoisotopic (exact) mass is 332 g/mol. The van der Waals surface area contributed by atoms with Crippen LogP contribution >= 0.6 is 0 Å². The molecule has 0 atom stereocenters. The van der Waals surface area contributed by atoms with Crippen molar-refractivity contribution in [1.29, 1.82) is 0 Å².